The standard InChI is InChI=1S/C13H18N/c1-2-14-10-8-13(9-11-14)12-6-4-3-5-7-12/h4-7,13H,2,8-11H2,1H3. The second-order valence-corrected chi connectivity index (χ2v) is 4.04. The van der Waals surface area contributed by atoms with Crippen molar-refractivity contribution in [3.8, 4) is 0 Å². The van der Waals surface area contributed by atoms with E-state index in [1.54, 1.807) is 0 Å². The molecule has 1 aliphatic heterocycles. The summed E-state index contributed by atoms with van der Waals surface area (Å²) in [5.74, 6) is 0.785. The van der Waals surface area contributed by atoms with Crippen LogP contribution in [-0.4, -0.2) is 24.5 Å². The van der Waals surface area contributed by atoms with Gasteiger partial charge in [-0.25, -0.2) is 0 Å². The zero-order valence-corrected chi connectivity index (χ0v) is 8.87. The van der Waals surface area contributed by atoms with Gasteiger partial charge in [-0.05, 0) is 50.0 Å². The lowest BCUT2D eigenvalue weighted by Gasteiger charge is -2.31. The first-order valence-corrected chi connectivity index (χ1v) is 5.58. The summed E-state index contributed by atoms with van der Waals surface area (Å²) in [5, 5.41) is 0. The van der Waals surface area contributed by atoms with Crippen LogP contribution in [-0.2, 0) is 0 Å². The Labute approximate surface area is 86.7 Å². The van der Waals surface area contributed by atoms with E-state index in [4.69, 9.17) is 0 Å². The van der Waals surface area contributed by atoms with Gasteiger partial charge in [-0.2, -0.15) is 0 Å². The van der Waals surface area contributed by atoms with Gasteiger partial charge in [0.05, 0.1) is 0 Å². The van der Waals surface area contributed by atoms with Gasteiger partial charge in [-0.1, -0.05) is 31.2 Å². The van der Waals surface area contributed by atoms with Crippen molar-refractivity contribution < 1.29 is 0 Å². The number of hydrogen-bond acceptors (Lipinski definition) is 1. The molecule has 1 nitrogen and oxygen atoms in total. The maximum absolute atomic E-state index is 3.08. The Bertz CT molecular complexity index is 260. The molecule has 1 fully saturated rings. The second-order valence-electron chi connectivity index (χ2n) is 4.04. The maximum Gasteiger partial charge on any atom is -0.00130 e. The fourth-order valence-electron chi connectivity index (χ4n) is 2.25. The van der Waals surface area contributed by atoms with Gasteiger partial charge in [-0.3, -0.25) is 0 Å². The molecule has 0 aromatic heterocycles. The molecule has 75 valence electrons. The Hall–Kier alpha value is -0.820. The lowest BCUT2D eigenvalue weighted by molar-refractivity contribution is 0.222. The summed E-state index contributed by atoms with van der Waals surface area (Å²) >= 11 is 0. The van der Waals surface area contributed by atoms with Crippen molar-refractivity contribution >= 4 is 0 Å². The predicted molar refractivity (Wildman–Crippen MR) is 59.4 cm³/mol. The van der Waals surface area contributed by atoms with Crippen LogP contribution < -0.4 is 0 Å². The Morgan fingerprint density at radius 1 is 1.29 bits per heavy atom. The predicted octanol–water partition coefficient (Wildman–Crippen LogP) is 2.69. The first-order valence-electron chi connectivity index (χ1n) is 5.58. The average molecular weight is 188 g/mol. The molecule has 0 spiro atoms. The summed E-state index contributed by atoms with van der Waals surface area (Å²) in [6, 6.07) is 11.6. The maximum atomic E-state index is 3.08. The Balaban J connectivity index is 1.96. The molecule has 0 bridgehead atoms. The number of likely N-dealkylation sites (tertiary alicyclic amines) is 1. The smallest absolute Gasteiger partial charge is 0.00130 e. The highest BCUT2D eigenvalue weighted by atomic mass is 15.1. The highest BCUT2D eigenvalue weighted by Crippen LogP contribution is 2.27. The van der Waals surface area contributed by atoms with Crippen molar-refractivity contribution in [1.82, 2.24) is 4.90 Å². The highest BCUT2D eigenvalue weighted by molar-refractivity contribution is 5.19. The van der Waals surface area contributed by atoms with Crippen molar-refractivity contribution in [2.45, 2.75) is 25.7 Å². The van der Waals surface area contributed by atoms with Gasteiger partial charge in [0.15, 0.2) is 0 Å². The molecule has 1 aliphatic rings. The number of hydrogen-bond donors (Lipinski definition) is 0. The fraction of sp³-hybridized carbons (Fsp3) is 0.538. The van der Waals surface area contributed by atoms with E-state index in [1.165, 1.54) is 38.0 Å². The Morgan fingerprint density at radius 2 is 1.93 bits per heavy atom. The molecule has 1 saturated heterocycles. The number of benzene rings is 1. The van der Waals surface area contributed by atoms with Crippen molar-refractivity contribution in [3.63, 3.8) is 0 Å². The van der Waals surface area contributed by atoms with Crippen LogP contribution in [0.2, 0.25) is 0 Å². The van der Waals surface area contributed by atoms with Crippen LogP contribution in [0.3, 0.4) is 0 Å². The van der Waals surface area contributed by atoms with Gasteiger partial charge in [0, 0.05) is 0 Å². The zero-order valence-electron chi connectivity index (χ0n) is 8.87. The quantitative estimate of drug-likeness (QED) is 0.689. The van der Waals surface area contributed by atoms with Gasteiger partial charge in [-0.15, -0.1) is 0 Å². The minimum Gasteiger partial charge on any atom is -0.304 e. The first kappa shape index (κ1) is 9.72. The molecule has 0 saturated carbocycles. The molecule has 1 heterocycles. The normalized spacial score (nSPS) is 19.8. The van der Waals surface area contributed by atoms with E-state index in [0.29, 0.717) is 0 Å². The molecule has 0 atom stereocenters. The van der Waals surface area contributed by atoms with Crippen LogP contribution in [0.1, 0.15) is 31.2 Å². The van der Waals surface area contributed by atoms with Gasteiger partial charge < -0.3 is 4.90 Å². The van der Waals surface area contributed by atoms with Crippen molar-refractivity contribution in [3.05, 3.63) is 35.9 Å². The highest BCUT2D eigenvalue weighted by Gasteiger charge is 2.18. The first-order chi connectivity index (χ1) is 6.90. The molecular formula is C13H18N. The third-order valence-corrected chi connectivity index (χ3v) is 3.25. The van der Waals surface area contributed by atoms with Gasteiger partial charge in [0.2, 0.25) is 0 Å². The molecule has 0 amide bonds. The van der Waals surface area contributed by atoms with Gasteiger partial charge in [0.1, 0.15) is 0 Å². The average Bonchev–Trinajstić information content (AvgIpc) is 2.30. The Morgan fingerprint density at radius 3 is 2.50 bits per heavy atom. The topological polar surface area (TPSA) is 3.24 Å². The molecule has 1 heteroatoms. The second kappa shape index (κ2) is 4.61. The van der Waals surface area contributed by atoms with Crippen LogP contribution >= 0.6 is 0 Å². The summed E-state index contributed by atoms with van der Waals surface area (Å²) in [5.41, 5.74) is 1.50. The number of nitrogens with zero attached hydrogens (tertiary/aromatic N) is 1. The van der Waals surface area contributed by atoms with Crippen molar-refractivity contribution in [2.24, 2.45) is 0 Å². The van der Waals surface area contributed by atoms with Crippen LogP contribution in [0.25, 0.3) is 0 Å². The van der Waals surface area contributed by atoms with Crippen LogP contribution in [0.5, 0.6) is 0 Å². The molecule has 1 radical (unpaired) electrons. The van der Waals surface area contributed by atoms with E-state index in [2.05, 4.69) is 30.0 Å². The SMILES string of the molecule is CCN1CCC(c2cc[c]cc2)CC1. The summed E-state index contributed by atoms with van der Waals surface area (Å²) in [7, 11) is 0. The van der Waals surface area contributed by atoms with E-state index in [1.807, 2.05) is 12.1 Å². The summed E-state index contributed by atoms with van der Waals surface area (Å²) in [6.45, 7) is 5.98. The van der Waals surface area contributed by atoms with Crippen molar-refractivity contribution in [1.29, 1.82) is 0 Å². The molecule has 0 unspecified atom stereocenters. The molecular weight excluding hydrogens is 170 g/mol. The Kier molecular flexibility index (Phi) is 3.20. The molecule has 2 rings (SSSR count). The summed E-state index contributed by atoms with van der Waals surface area (Å²) in [6.07, 6.45) is 2.63. The molecule has 0 aliphatic carbocycles. The van der Waals surface area contributed by atoms with E-state index < -0.39 is 0 Å². The lowest BCUT2D eigenvalue weighted by atomic mass is 9.89. The minimum atomic E-state index is 0.785. The molecule has 14 heavy (non-hydrogen) atoms. The minimum absolute atomic E-state index is 0.785. The third kappa shape index (κ3) is 2.16. The lowest BCUT2D eigenvalue weighted by Crippen LogP contribution is -2.32. The molecule has 1 aromatic rings. The number of piperidine rings is 1. The number of rotatable bonds is 2. The largest absolute Gasteiger partial charge is 0.304 e. The van der Waals surface area contributed by atoms with E-state index in [0.717, 1.165) is 5.92 Å². The van der Waals surface area contributed by atoms with E-state index >= 15 is 0 Å². The monoisotopic (exact) mass is 188 g/mol. The van der Waals surface area contributed by atoms with Crippen LogP contribution in [0.15, 0.2) is 24.3 Å². The van der Waals surface area contributed by atoms with Gasteiger partial charge >= 0.3 is 0 Å². The van der Waals surface area contributed by atoms with Crippen LogP contribution in [0.4, 0.5) is 0 Å². The van der Waals surface area contributed by atoms with E-state index in [9.17, 15) is 0 Å². The summed E-state index contributed by atoms with van der Waals surface area (Å²) in [4.78, 5) is 2.53. The summed E-state index contributed by atoms with van der Waals surface area (Å²) < 4.78 is 0. The van der Waals surface area contributed by atoms with Gasteiger partial charge in [0.25, 0.3) is 0 Å². The van der Waals surface area contributed by atoms with Crippen molar-refractivity contribution in [2.75, 3.05) is 19.6 Å². The third-order valence-electron chi connectivity index (χ3n) is 3.25. The molecule has 1 aromatic carbocycles. The van der Waals surface area contributed by atoms with E-state index in [-0.39, 0.29) is 0 Å². The van der Waals surface area contributed by atoms with Crippen LogP contribution in [0, 0.1) is 6.07 Å². The fourth-order valence-corrected chi connectivity index (χ4v) is 2.25. The molecule has 0 N–H and O–H groups in total. The zero-order chi connectivity index (χ0) is 9.80.